The van der Waals surface area contributed by atoms with E-state index in [2.05, 4.69) is 53.1 Å². The van der Waals surface area contributed by atoms with Gasteiger partial charge in [-0.15, -0.1) is 0 Å². The van der Waals surface area contributed by atoms with Gasteiger partial charge in [0.15, 0.2) is 16.6 Å². The molecule has 0 saturated carbocycles. The summed E-state index contributed by atoms with van der Waals surface area (Å²) < 4.78 is 13.3. The molecule has 0 aliphatic heterocycles. The summed E-state index contributed by atoms with van der Waals surface area (Å²) in [7, 11) is -5.16. The number of hydrogen-bond donors (Lipinski definition) is 0. The molecule has 0 aromatic carbocycles. The molecular weight excluding hydrogens is 368 g/mol. The van der Waals surface area contributed by atoms with E-state index in [4.69, 9.17) is 8.23 Å². The van der Waals surface area contributed by atoms with Gasteiger partial charge in [-0.05, 0) is 51.4 Å². The first-order chi connectivity index (χ1) is 12.0. The van der Waals surface area contributed by atoms with Crippen molar-refractivity contribution in [1.29, 1.82) is 0 Å². The standard InChI is InChI=1S/C21H50O2Si3/c1-9-11-13-14-15-16-17-18-19-21-25(5,6)23-26(7,8)22-24(3,4)20-12-10-2/h9-21H2,1-8H3. The van der Waals surface area contributed by atoms with Gasteiger partial charge in [0.25, 0.3) is 0 Å². The van der Waals surface area contributed by atoms with Crippen LogP contribution in [0.3, 0.4) is 0 Å². The molecule has 0 N–H and O–H groups in total. The summed E-state index contributed by atoms with van der Waals surface area (Å²) in [4.78, 5) is 0. The fourth-order valence-electron chi connectivity index (χ4n) is 3.92. The molecule has 0 aliphatic carbocycles. The first-order valence-corrected chi connectivity index (χ1v) is 20.5. The van der Waals surface area contributed by atoms with Gasteiger partial charge in [0.1, 0.15) is 0 Å². The first-order valence-electron chi connectivity index (χ1n) is 11.4. The number of hydrogen-bond acceptors (Lipinski definition) is 2. The fraction of sp³-hybridized carbons (Fsp3) is 1.00. The molecule has 0 atom stereocenters. The molecule has 0 aromatic heterocycles. The number of rotatable bonds is 17. The van der Waals surface area contributed by atoms with Crippen LogP contribution in [0, 0.1) is 0 Å². The average Bonchev–Trinajstić information content (AvgIpc) is 2.49. The molecule has 0 heterocycles. The van der Waals surface area contributed by atoms with Crippen LogP contribution in [0.25, 0.3) is 0 Å². The topological polar surface area (TPSA) is 18.5 Å². The summed E-state index contributed by atoms with van der Waals surface area (Å²) in [5.74, 6) is 0. The zero-order valence-corrected chi connectivity index (χ0v) is 22.5. The van der Waals surface area contributed by atoms with E-state index in [1.807, 2.05) is 0 Å². The maximum atomic E-state index is 6.70. The van der Waals surface area contributed by atoms with Crippen molar-refractivity contribution < 1.29 is 8.23 Å². The van der Waals surface area contributed by atoms with E-state index in [-0.39, 0.29) is 0 Å². The quantitative estimate of drug-likeness (QED) is 0.174. The smallest absolute Gasteiger partial charge is 0.311 e. The van der Waals surface area contributed by atoms with Crippen molar-refractivity contribution in [3.8, 4) is 0 Å². The molecule has 0 aliphatic rings. The highest BCUT2D eigenvalue weighted by Gasteiger charge is 2.39. The summed E-state index contributed by atoms with van der Waals surface area (Å²) >= 11 is 0. The molecule has 0 saturated heterocycles. The summed E-state index contributed by atoms with van der Waals surface area (Å²) in [5.41, 5.74) is 0. The van der Waals surface area contributed by atoms with Gasteiger partial charge in [0.2, 0.25) is 0 Å². The van der Waals surface area contributed by atoms with Crippen LogP contribution in [0.5, 0.6) is 0 Å². The first kappa shape index (κ1) is 26.6. The normalized spacial score (nSPS) is 13.4. The van der Waals surface area contributed by atoms with Crippen molar-refractivity contribution in [3.05, 3.63) is 0 Å². The highest BCUT2D eigenvalue weighted by atomic mass is 28.5. The van der Waals surface area contributed by atoms with Gasteiger partial charge in [-0.3, -0.25) is 0 Å². The van der Waals surface area contributed by atoms with E-state index in [0.717, 1.165) is 0 Å². The Morgan fingerprint density at radius 2 is 0.808 bits per heavy atom. The highest BCUT2D eigenvalue weighted by molar-refractivity contribution is 6.87. The largest absolute Gasteiger partial charge is 0.437 e. The molecule has 0 radical (unpaired) electrons. The van der Waals surface area contributed by atoms with Crippen molar-refractivity contribution in [2.75, 3.05) is 0 Å². The van der Waals surface area contributed by atoms with Gasteiger partial charge in [-0.1, -0.05) is 84.5 Å². The Labute approximate surface area is 169 Å². The monoisotopic (exact) mass is 418 g/mol. The Hall–Kier alpha value is 0.571. The van der Waals surface area contributed by atoms with Gasteiger partial charge in [0.05, 0.1) is 0 Å². The molecule has 0 amide bonds. The van der Waals surface area contributed by atoms with Crippen LogP contribution in [0.4, 0.5) is 0 Å². The third-order valence-electron chi connectivity index (χ3n) is 5.06. The second-order valence-corrected chi connectivity index (χ2v) is 22.3. The van der Waals surface area contributed by atoms with Gasteiger partial charge >= 0.3 is 8.56 Å². The second-order valence-electron chi connectivity index (χ2n) is 9.81. The van der Waals surface area contributed by atoms with Crippen molar-refractivity contribution in [3.63, 3.8) is 0 Å². The Balaban J connectivity index is 4.03. The Morgan fingerprint density at radius 3 is 1.23 bits per heavy atom. The maximum Gasteiger partial charge on any atom is 0.311 e. The molecule has 0 aromatic rings. The number of unbranched alkanes of at least 4 members (excludes halogenated alkanes) is 9. The molecule has 26 heavy (non-hydrogen) atoms. The van der Waals surface area contributed by atoms with Gasteiger partial charge in [-0.2, -0.15) is 0 Å². The molecule has 5 heteroatoms. The molecule has 0 bridgehead atoms. The predicted molar refractivity (Wildman–Crippen MR) is 126 cm³/mol. The second kappa shape index (κ2) is 13.7. The molecule has 158 valence electrons. The van der Waals surface area contributed by atoms with Crippen molar-refractivity contribution in [1.82, 2.24) is 0 Å². The van der Waals surface area contributed by atoms with Gasteiger partial charge < -0.3 is 8.23 Å². The lowest BCUT2D eigenvalue weighted by atomic mass is 10.1. The summed E-state index contributed by atoms with van der Waals surface area (Å²) in [6, 6.07) is 2.56. The van der Waals surface area contributed by atoms with Crippen LogP contribution >= 0.6 is 0 Å². The van der Waals surface area contributed by atoms with Gasteiger partial charge in [-0.25, -0.2) is 0 Å². The third-order valence-corrected chi connectivity index (χ3v) is 16.5. The molecule has 0 fully saturated rings. The molecule has 0 unspecified atom stereocenters. The van der Waals surface area contributed by atoms with E-state index in [0.29, 0.717) is 0 Å². The van der Waals surface area contributed by atoms with E-state index < -0.39 is 25.2 Å². The molecule has 2 nitrogen and oxygen atoms in total. The lowest BCUT2D eigenvalue weighted by Crippen LogP contribution is -2.52. The van der Waals surface area contributed by atoms with E-state index >= 15 is 0 Å². The van der Waals surface area contributed by atoms with Crippen LogP contribution in [-0.2, 0) is 8.23 Å². The molecular formula is C21H50O2Si3. The summed E-state index contributed by atoms with van der Waals surface area (Å²) in [6.45, 7) is 18.7. The van der Waals surface area contributed by atoms with Crippen molar-refractivity contribution in [2.45, 2.75) is 136 Å². The minimum atomic E-state index is -1.99. The maximum absolute atomic E-state index is 6.70. The average molecular weight is 419 g/mol. The fourth-order valence-corrected chi connectivity index (χ4v) is 18.2. The minimum Gasteiger partial charge on any atom is -0.437 e. The van der Waals surface area contributed by atoms with Crippen LogP contribution in [0.1, 0.15) is 84.5 Å². The van der Waals surface area contributed by atoms with E-state index in [9.17, 15) is 0 Å². The minimum absolute atomic E-state index is 1.27. The van der Waals surface area contributed by atoms with Crippen molar-refractivity contribution >= 4 is 25.2 Å². The third kappa shape index (κ3) is 15.6. The zero-order chi connectivity index (χ0) is 20.1. The van der Waals surface area contributed by atoms with E-state index in [1.54, 1.807) is 0 Å². The zero-order valence-electron chi connectivity index (χ0n) is 19.5. The lowest BCUT2D eigenvalue weighted by Gasteiger charge is -2.38. The van der Waals surface area contributed by atoms with Crippen LogP contribution < -0.4 is 0 Å². The Kier molecular flexibility index (Phi) is 14.0. The van der Waals surface area contributed by atoms with Gasteiger partial charge in [0, 0.05) is 0 Å². The van der Waals surface area contributed by atoms with Crippen LogP contribution in [-0.4, -0.2) is 25.2 Å². The Bertz CT molecular complexity index is 344. The summed E-state index contributed by atoms with van der Waals surface area (Å²) in [5, 5.41) is 0. The highest BCUT2D eigenvalue weighted by Crippen LogP contribution is 2.27. The van der Waals surface area contributed by atoms with Crippen molar-refractivity contribution in [2.24, 2.45) is 0 Å². The molecule has 0 spiro atoms. The van der Waals surface area contributed by atoms with Crippen LogP contribution in [0.15, 0.2) is 0 Å². The summed E-state index contributed by atoms with van der Waals surface area (Å²) in [6.07, 6.45) is 15.2. The molecule has 0 rings (SSSR count). The van der Waals surface area contributed by atoms with Crippen LogP contribution in [0.2, 0.25) is 51.4 Å². The SMILES string of the molecule is CCCCCCCCCCC[Si](C)(C)O[Si](C)(C)O[Si](C)(C)CCCC. The Morgan fingerprint density at radius 1 is 0.462 bits per heavy atom. The predicted octanol–water partition coefficient (Wildman–Crippen LogP) is 8.46. The van der Waals surface area contributed by atoms with E-state index in [1.165, 1.54) is 82.7 Å². The lowest BCUT2D eigenvalue weighted by molar-refractivity contribution is 0.386.